The molecule has 0 aliphatic rings. The highest BCUT2D eigenvalue weighted by Crippen LogP contribution is 2.27. The largest absolute Gasteiger partial charge is 0.383 e. The minimum Gasteiger partial charge on any atom is -0.383 e. The Morgan fingerprint density at radius 1 is 1.28 bits per heavy atom. The second-order valence-electron chi connectivity index (χ2n) is 4.30. The fraction of sp³-hybridized carbons (Fsp3) is 0.231. The van der Waals surface area contributed by atoms with E-state index in [-0.39, 0.29) is 0 Å². The normalized spacial score (nSPS) is 10.9. The third-order valence-corrected chi connectivity index (χ3v) is 4.13. The van der Waals surface area contributed by atoms with Crippen molar-refractivity contribution in [3.05, 3.63) is 38.0 Å². The van der Waals surface area contributed by atoms with Gasteiger partial charge in [-0.05, 0) is 40.6 Å². The fourth-order valence-corrected chi connectivity index (χ4v) is 2.89. The first-order valence-corrected chi connectivity index (χ1v) is 7.45. The summed E-state index contributed by atoms with van der Waals surface area (Å²) in [6.07, 6.45) is 0. The monoisotopic (exact) mass is 417 g/mol. The number of hydrogen-bond acceptors (Lipinski definition) is 3. The molecule has 0 fully saturated rings. The van der Waals surface area contributed by atoms with Crippen molar-refractivity contribution in [3.8, 4) is 11.4 Å². The predicted octanol–water partition coefficient (Wildman–Crippen LogP) is 4.22. The lowest BCUT2D eigenvalue weighted by molar-refractivity contribution is 0.810. The minimum absolute atomic E-state index is 0.327. The molecule has 0 saturated carbocycles. The zero-order chi connectivity index (χ0) is 13.3. The molecule has 0 radical (unpaired) electrons. The molecule has 0 bridgehead atoms. The van der Waals surface area contributed by atoms with Crippen LogP contribution in [0.15, 0.2) is 28.7 Å². The van der Waals surface area contributed by atoms with Gasteiger partial charge in [0.25, 0.3) is 0 Å². The van der Waals surface area contributed by atoms with Crippen LogP contribution in [0.3, 0.4) is 0 Å². The Kier molecular flexibility index (Phi) is 4.21. The molecule has 2 N–H and O–H groups in total. The predicted molar refractivity (Wildman–Crippen MR) is 86.4 cm³/mol. The Labute approximate surface area is 128 Å². The van der Waals surface area contributed by atoms with Crippen molar-refractivity contribution in [3.63, 3.8) is 0 Å². The number of halogens is 2. The summed E-state index contributed by atoms with van der Waals surface area (Å²) in [7, 11) is 0. The van der Waals surface area contributed by atoms with E-state index in [2.05, 4.69) is 62.3 Å². The summed E-state index contributed by atoms with van der Waals surface area (Å²) in [4.78, 5) is 8.99. The molecule has 0 aliphatic carbocycles. The zero-order valence-electron chi connectivity index (χ0n) is 10.1. The lowest BCUT2D eigenvalue weighted by Crippen LogP contribution is -2.06. The number of rotatable bonds is 2. The quantitative estimate of drug-likeness (QED) is 0.744. The van der Waals surface area contributed by atoms with Gasteiger partial charge in [-0.15, -0.1) is 0 Å². The van der Waals surface area contributed by atoms with Crippen molar-refractivity contribution in [2.75, 3.05) is 5.73 Å². The smallest absolute Gasteiger partial charge is 0.161 e. The van der Waals surface area contributed by atoms with Gasteiger partial charge in [-0.2, -0.15) is 0 Å². The summed E-state index contributed by atoms with van der Waals surface area (Å²) < 4.78 is 1.95. The molecule has 0 atom stereocenters. The molecule has 5 heteroatoms. The first kappa shape index (κ1) is 13.7. The molecule has 0 spiro atoms. The second kappa shape index (κ2) is 5.52. The molecule has 0 unspecified atom stereocenters. The highest BCUT2D eigenvalue weighted by molar-refractivity contribution is 14.1. The first-order chi connectivity index (χ1) is 8.49. The summed E-state index contributed by atoms with van der Waals surface area (Å²) in [5, 5.41) is 0. The van der Waals surface area contributed by atoms with E-state index in [9.17, 15) is 0 Å². The van der Waals surface area contributed by atoms with Crippen molar-refractivity contribution < 1.29 is 0 Å². The Balaban J connectivity index is 2.59. The molecule has 18 heavy (non-hydrogen) atoms. The zero-order valence-corrected chi connectivity index (χ0v) is 13.9. The number of nitrogen functional groups attached to an aromatic ring is 1. The van der Waals surface area contributed by atoms with Gasteiger partial charge < -0.3 is 5.73 Å². The van der Waals surface area contributed by atoms with Crippen LogP contribution in [0, 0.1) is 3.57 Å². The van der Waals surface area contributed by atoms with E-state index >= 15 is 0 Å². The Morgan fingerprint density at radius 2 is 2.00 bits per heavy atom. The molecule has 94 valence electrons. The van der Waals surface area contributed by atoms with Crippen LogP contribution < -0.4 is 5.73 Å². The van der Waals surface area contributed by atoms with Crippen LogP contribution >= 0.6 is 38.5 Å². The summed E-state index contributed by atoms with van der Waals surface area (Å²) in [6.45, 7) is 4.21. The molecule has 1 aromatic carbocycles. The van der Waals surface area contributed by atoms with Crippen LogP contribution in [0.5, 0.6) is 0 Å². The number of anilines is 1. The molecule has 0 aliphatic heterocycles. The molecular weight excluding hydrogens is 405 g/mol. The van der Waals surface area contributed by atoms with Gasteiger partial charge >= 0.3 is 0 Å². The van der Waals surface area contributed by atoms with E-state index in [4.69, 9.17) is 5.73 Å². The maximum atomic E-state index is 5.96. The highest BCUT2D eigenvalue weighted by Gasteiger charge is 2.14. The lowest BCUT2D eigenvalue weighted by Gasteiger charge is -2.11. The molecule has 3 nitrogen and oxygen atoms in total. The van der Waals surface area contributed by atoms with Crippen LogP contribution in [0.25, 0.3) is 11.4 Å². The van der Waals surface area contributed by atoms with Gasteiger partial charge in [0.2, 0.25) is 0 Å². The topological polar surface area (TPSA) is 51.8 Å². The van der Waals surface area contributed by atoms with Gasteiger partial charge in [0.05, 0.1) is 9.26 Å². The van der Waals surface area contributed by atoms with Crippen molar-refractivity contribution >= 4 is 44.3 Å². The summed E-state index contributed by atoms with van der Waals surface area (Å²) in [5.41, 5.74) is 7.93. The molecule has 2 rings (SSSR count). The van der Waals surface area contributed by atoms with Crippen molar-refractivity contribution in [1.29, 1.82) is 0 Å². The maximum Gasteiger partial charge on any atom is 0.161 e. The van der Waals surface area contributed by atoms with E-state index in [1.807, 2.05) is 24.3 Å². The number of aromatic nitrogens is 2. The number of nitrogens with zero attached hydrogens (tertiary/aromatic N) is 2. The third-order valence-electron chi connectivity index (χ3n) is 2.53. The summed E-state index contributed by atoms with van der Waals surface area (Å²) in [5.74, 6) is 1.55. The van der Waals surface area contributed by atoms with Gasteiger partial charge in [-0.1, -0.05) is 41.9 Å². The SMILES string of the molecule is CC(C)c1nc(-c2cccc(Br)c2)nc(N)c1I. The van der Waals surface area contributed by atoms with Gasteiger partial charge in [0.1, 0.15) is 5.82 Å². The first-order valence-electron chi connectivity index (χ1n) is 5.58. The molecule has 1 heterocycles. The molecule has 0 saturated heterocycles. The average Bonchev–Trinajstić information content (AvgIpc) is 2.32. The number of hydrogen-bond donors (Lipinski definition) is 1. The lowest BCUT2D eigenvalue weighted by atomic mass is 10.1. The maximum absolute atomic E-state index is 5.96. The highest BCUT2D eigenvalue weighted by atomic mass is 127. The van der Waals surface area contributed by atoms with E-state index in [1.54, 1.807) is 0 Å². The Morgan fingerprint density at radius 3 is 2.61 bits per heavy atom. The Bertz CT molecular complexity index is 584. The number of nitrogens with two attached hydrogens (primary N) is 1. The van der Waals surface area contributed by atoms with Gasteiger partial charge in [0, 0.05) is 10.0 Å². The van der Waals surface area contributed by atoms with E-state index in [0.29, 0.717) is 17.6 Å². The van der Waals surface area contributed by atoms with Crippen molar-refractivity contribution in [2.45, 2.75) is 19.8 Å². The average molecular weight is 418 g/mol. The van der Waals surface area contributed by atoms with E-state index in [1.165, 1.54) is 0 Å². The molecular formula is C13H13BrIN3. The Hall–Kier alpha value is -0.690. The standard InChI is InChI=1S/C13H13BrIN3/c1-7(2)11-10(15)12(16)18-13(17-11)8-4-3-5-9(14)6-8/h3-7H,1-2H3,(H2,16,17,18). The van der Waals surface area contributed by atoms with Crippen LogP contribution in [-0.4, -0.2) is 9.97 Å². The molecule has 0 amide bonds. The molecule has 2 aromatic rings. The van der Waals surface area contributed by atoms with Crippen molar-refractivity contribution in [1.82, 2.24) is 9.97 Å². The summed E-state index contributed by atoms with van der Waals surface area (Å²) >= 11 is 5.66. The van der Waals surface area contributed by atoms with Crippen LogP contribution in [0.4, 0.5) is 5.82 Å². The van der Waals surface area contributed by atoms with Crippen LogP contribution in [0.2, 0.25) is 0 Å². The van der Waals surface area contributed by atoms with Crippen molar-refractivity contribution in [2.24, 2.45) is 0 Å². The molecule has 1 aromatic heterocycles. The van der Waals surface area contributed by atoms with E-state index in [0.717, 1.165) is 19.3 Å². The fourth-order valence-electron chi connectivity index (χ4n) is 1.62. The van der Waals surface area contributed by atoms with Crippen LogP contribution in [-0.2, 0) is 0 Å². The summed E-state index contributed by atoms with van der Waals surface area (Å²) in [6, 6.07) is 7.91. The third kappa shape index (κ3) is 2.83. The minimum atomic E-state index is 0.327. The number of benzene rings is 1. The van der Waals surface area contributed by atoms with Crippen LogP contribution in [0.1, 0.15) is 25.5 Å². The second-order valence-corrected chi connectivity index (χ2v) is 6.29. The van der Waals surface area contributed by atoms with E-state index < -0.39 is 0 Å². The van der Waals surface area contributed by atoms with Gasteiger partial charge in [-0.3, -0.25) is 0 Å². The van der Waals surface area contributed by atoms with Gasteiger partial charge in [-0.25, -0.2) is 9.97 Å². The van der Waals surface area contributed by atoms with Gasteiger partial charge in [0.15, 0.2) is 5.82 Å².